The van der Waals surface area contributed by atoms with E-state index in [2.05, 4.69) is 39.8 Å². The molecule has 27 heavy (non-hydrogen) atoms. The zero-order valence-electron chi connectivity index (χ0n) is 16.1. The number of thiazole rings is 1. The zero-order valence-corrected chi connectivity index (χ0v) is 19.2. The lowest BCUT2D eigenvalue weighted by atomic mass is 9.64. The first-order chi connectivity index (χ1) is 12.5. The van der Waals surface area contributed by atoms with Crippen LogP contribution in [0.1, 0.15) is 55.3 Å². The summed E-state index contributed by atoms with van der Waals surface area (Å²) < 4.78 is 13.2. The summed E-state index contributed by atoms with van der Waals surface area (Å²) in [5.41, 5.74) is 2.42. The molecule has 148 valence electrons. The van der Waals surface area contributed by atoms with Crippen molar-refractivity contribution in [3.63, 3.8) is 0 Å². The summed E-state index contributed by atoms with van der Waals surface area (Å²) in [6, 6.07) is 6.93. The lowest BCUT2D eigenvalue weighted by Crippen LogP contribution is -2.48. The molecule has 2 aromatic rings. The van der Waals surface area contributed by atoms with E-state index < -0.39 is 0 Å². The average molecular weight is 502 g/mol. The Morgan fingerprint density at radius 3 is 2.48 bits per heavy atom. The van der Waals surface area contributed by atoms with Gasteiger partial charge < -0.3 is 10.6 Å². The molecule has 0 bridgehead atoms. The summed E-state index contributed by atoms with van der Waals surface area (Å²) in [4.78, 5) is 8.97. The Morgan fingerprint density at radius 1 is 1.26 bits per heavy atom. The van der Waals surface area contributed by atoms with Crippen molar-refractivity contribution in [2.75, 3.05) is 13.6 Å². The van der Waals surface area contributed by atoms with Crippen LogP contribution in [0.3, 0.4) is 0 Å². The number of benzene rings is 1. The molecule has 4 nitrogen and oxygen atoms in total. The topological polar surface area (TPSA) is 49.3 Å². The number of aliphatic imine (C=N–C) groups is 1. The third-order valence-electron chi connectivity index (χ3n) is 5.15. The van der Waals surface area contributed by atoms with Gasteiger partial charge in [-0.3, -0.25) is 4.99 Å². The largest absolute Gasteiger partial charge is 0.356 e. The molecule has 1 aromatic heterocycles. The third-order valence-corrected chi connectivity index (χ3v) is 6.02. The van der Waals surface area contributed by atoms with Gasteiger partial charge in [0, 0.05) is 24.4 Å². The Kier molecular flexibility index (Phi) is 8.03. The van der Waals surface area contributed by atoms with Gasteiger partial charge in [-0.15, -0.1) is 35.3 Å². The predicted octanol–water partition coefficient (Wildman–Crippen LogP) is 4.81. The van der Waals surface area contributed by atoms with Crippen molar-refractivity contribution in [3.05, 3.63) is 51.7 Å². The van der Waals surface area contributed by atoms with Gasteiger partial charge in [-0.05, 0) is 36.5 Å². The van der Waals surface area contributed by atoms with Gasteiger partial charge in [-0.2, -0.15) is 0 Å². The molecule has 1 aromatic carbocycles. The number of nitrogens with one attached hydrogen (secondary N) is 2. The molecule has 0 saturated heterocycles. The molecule has 0 unspecified atom stereocenters. The fourth-order valence-corrected chi connectivity index (χ4v) is 4.17. The van der Waals surface area contributed by atoms with Crippen LogP contribution in [0.4, 0.5) is 4.39 Å². The van der Waals surface area contributed by atoms with E-state index in [-0.39, 0.29) is 35.2 Å². The number of rotatable bonds is 6. The number of aromatic nitrogens is 1. The fourth-order valence-electron chi connectivity index (χ4n) is 3.28. The van der Waals surface area contributed by atoms with E-state index in [1.807, 2.05) is 12.1 Å². The van der Waals surface area contributed by atoms with Crippen molar-refractivity contribution < 1.29 is 4.39 Å². The first-order valence-electron chi connectivity index (χ1n) is 9.17. The van der Waals surface area contributed by atoms with Crippen LogP contribution in [0.25, 0.3) is 0 Å². The molecular formula is C20H28FIN4S. The third kappa shape index (κ3) is 5.40. The Labute approximate surface area is 182 Å². The number of guanidine groups is 1. The van der Waals surface area contributed by atoms with Crippen LogP contribution in [-0.2, 0) is 12.0 Å². The van der Waals surface area contributed by atoms with E-state index in [1.165, 1.54) is 12.0 Å². The minimum atomic E-state index is -0.183. The average Bonchev–Trinajstić information content (AvgIpc) is 3.07. The van der Waals surface area contributed by atoms with Crippen LogP contribution in [-0.4, -0.2) is 24.5 Å². The lowest BCUT2D eigenvalue weighted by Gasteiger charge is -2.43. The SMILES string of the molecule is CN=C(NCc1nc(C(C)C)cs1)NCC1(c2ccc(F)cc2)CCC1.I. The van der Waals surface area contributed by atoms with Crippen molar-refractivity contribution in [2.24, 2.45) is 4.99 Å². The summed E-state index contributed by atoms with van der Waals surface area (Å²) in [6.45, 7) is 5.77. The molecule has 0 radical (unpaired) electrons. The van der Waals surface area contributed by atoms with Gasteiger partial charge in [0.05, 0.1) is 12.2 Å². The molecule has 1 heterocycles. The van der Waals surface area contributed by atoms with Crippen LogP contribution in [0.5, 0.6) is 0 Å². The molecule has 3 rings (SSSR count). The Morgan fingerprint density at radius 2 is 1.96 bits per heavy atom. The predicted molar refractivity (Wildman–Crippen MR) is 122 cm³/mol. The Bertz CT molecular complexity index is 754. The highest BCUT2D eigenvalue weighted by Gasteiger charge is 2.38. The minimum Gasteiger partial charge on any atom is -0.356 e. The Hall–Kier alpha value is -1.22. The molecule has 2 N–H and O–H groups in total. The highest BCUT2D eigenvalue weighted by atomic mass is 127. The molecule has 1 aliphatic carbocycles. The monoisotopic (exact) mass is 502 g/mol. The molecule has 7 heteroatoms. The van der Waals surface area contributed by atoms with Gasteiger partial charge in [-0.1, -0.05) is 32.4 Å². The van der Waals surface area contributed by atoms with Gasteiger partial charge in [0.1, 0.15) is 10.8 Å². The summed E-state index contributed by atoms with van der Waals surface area (Å²) in [6.07, 6.45) is 3.45. The summed E-state index contributed by atoms with van der Waals surface area (Å²) >= 11 is 1.68. The number of nitrogens with zero attached hydrogens (tertiary/aromatic N) is 2. The van der Waals surface area contributed by atoms with E-state index in [0.29, 0.717) is 12.5 Å². The van der Waals surface area contributed by atoms with Crippen molar-refractivity contribution in [3.8, 4) is 0 Å². The van der Waals surface area contributed by atoms with Gasteiger partial charge in [0.15, 0.2) is 5.96 Å². The van der Waals surface area contributed by atoms with Crippen molar-refractivity contribution in [1.29, 1.82) is 0 Å². The van der Waals surface area contributed by atoms with Gasteiger partial charge in [0.2, 0.25) is 0 Å². The van der Waals surface area contributed by atoms with E-state index in [9.17, 15) is 4.39 Å². The second kappa shape index (κ2) is 9.82. The highest BCUT2D eigenvalue weighted by molar-refractivity contribution is 14.0. The van der Waals surface area contributed by atoms with Crippen LogP contribution in [0.2, 0.25) is 0 Å². The molecule has 0 spiro atoms. The second-order valence-electron chi connectivity index (χ2n) is 7.24. The first kappa shape index (κ1) is 22.1. The minimum absolute atomic E-state index is 0. The van der Waals surface area contributed by atoms with Crippen molar-refractivity contribution in [1.82, 2.24) is 15.6 Å². The van der Waals surface area contributed by atoms with Crippen LogP contribution < -0.4 is 10.6 Å². The van der Waals surface area contributed by atoms with E-state index in [1.54, 1.807) is 30.5 Å². The van der Waals surface area contributed by atoms with E-state index in [0.717, 1.165) is 36.0 Å². The van der Waals surface area contributed by atoms with Crippen LogP contribution >= 0.6 is 35.3 Å². The first-order valence-corrected chi connectivity index (χ1v) is 10.1. The number of hydrogen-bond acceptors (Lipinski definition) is 3. The van der Waals surface area contributed by atoms with Crippen molar-refractivity contribution >= 4 is 41.3 Å². The molecule has 1 aliphatic rings. The summed E-state index contributed by atoms with van der Waals surface area (Å²) in [7, 11) is 1.78. The van der Waals surface area contributed by atoms with Gasteiger partial charge >= 0.3 is 0 Å². The zero-order chi connectivity index (χ0) is 18.6. The quantitative estimate of drug-likeness (QED) is 0.339. The maximum atomic E-state index is 13.2. The molecular weight excluding hydrogens is 474 g/mol. The normalized spacial score (nSPS) is 15.8. The lowest BCUT2D eigenvalue weighted by molar-refractivity contribution is 0.243. The molecule has 0 amide bonds. The van der Waals surface area contributed by atoms with Gasteiger partial charge in [0.25, 0.3) is 0 Å². The maximum Gasteiger partial charge on any atom is 0.191 e. The Balaban J connectivity index is 0.00000261. The van der Waals surface area contributed by atoms with E-state index in [4.69, 9.17) is 0 Å². The van der Waals surface area contributed by atoms with Crippen molar-refractivity contribution in [2.45, 2.75) is 51.0 Å². The smallest absolute Gasteiger partial charge is 0.191 e. The summed E-state index contributed by atoms with van der Waals surface area (Å²) in [5.74, 6) is 1.05. The van der Waals surface area contributed by atoms with Crippen LogP contribution in [0, 0.1) is 5.82 Å². The highest BCUT2D eigenvalue weighted by Crippen LogP contribution is 2.43. The van der Waals surface area contributed by atoms with E-state index >= 15 is 0 Å². The fraction of sp³-hybridized carbons (Fsp3) is 0.500. The molecule has 0 aliphatic heterocycles. The van der Waals surface area contributed by atoms with Crippen LogP contribution in [0.15, 0.2) is 34.6 Å². The van der Waals surface area contributed by atoms with Gasteiger partial charge in [-0.25, -0.2) is 9.37 Å². The second-order valence-corrected chi connectivity index (χ2v) is 8.18. The molecule has 1 fully saturated rings. The standard InChI is InChI=1S/C20H27FN4S.HI/c1-14(2)17-12-26-18(25-17)11-23-19(22-3)24-13-20(9-4-10-20)15-5-7-16(21)8-6-15;/h5-8,12,14H,4,9-11,13H2,1-3H3,(H2,22,23,24);1H. The number of hydrogen-bond donors (Lipinski definition) is 2. The maximum absolute atomic E-state index is 13.2. The summed E-state index contributed by atoms with van der Waals surface area (Å²) in [5, 5.41) is 9.98. The number of halogens is 2. The molecule has 1 saturated carbocycles. The molecule has 0 atom stereocenters.